The zero-order valence-electron chi connectivity index (χ0n) is 7.84. The molecule has 0 heterocycles. The van der Waals surface area contributed by atoms with Crippen molar-refractivity contribution in [1.82, 2.24) is 0 Å². The van der Waals surface area contributed by atoms with E-state index in [1.165, 1.54) is 0 Å². The van der Waals surface area contributed by atoms with Gasteiger partial charge in [-0.3, -0.25) is 0 Å². The Hall–Kier alpha value is -0.700. The molecule has 0 saturated carbocycles. The lowest BCUT2D eigenvalue weighted by molar-refractivity contribution is 0.287. The van der Waals surface area contributed by atoms with Crippen LogP contribution in [0.2, 0.25) is 0 Å². The number of hydrogen-bond acceptors (Lipinski definition) is 2. The molecule has 0 aliphatic rings. The van der Waals surface area contributed by atoms with Crippen molar-refractivity contribution in [2.24, 2.45) is 0 Å². The van der Waals surface area contributed by atoms with Gasteiger partial charge in [-0.2, -0.15) is 0 Å². The average molecular weight is 245 g/mol. The first-order valence-electron chi connectivity index (χ1n) is 4.33. The Labute approximate surface area is 87.0 Å². The Balaban J connectivity index is 2.89. The summed E-state index contributed by atoms with van der Waals surface area (Å²) < 4.78 is 11.8. The quantitative estimate of drug-likeness (QED) is 0.810. The Morgan fingerprint density at radius 2 is 1.69 bits per heavy atom. The van der Waals surface area contributed by atoms with Crippen LogP contribution in [0.5, 0.6) is 11.5 Å². The summed E-state index contributed by atoms with van der Waals surface area (Å²) in [6.45, 7) is 5.21. The maximum absolute atomic E-state index is 5.42. The number of rotatable bonds is 4. The van der Waals surface area contributed by atoms with Crippen LogP contribution >= 0.6 is 15.9 Å². The second kappa shape index (κ2) is 5.12. The molecule has 0 N–H and O–H groups in total. The lowest BCUT2D eigenvalue weighted by Crippen LogP contribution is -1.97. The summed E-state index contributed by atoms with van der Waals surface area (Å²) in [4.78, 5) is 0. The second-order valence-corrected chi connectivity index (χ2v) is 3.37. The highest BCUT2D eigenvalue weighted by Crippen LogP contribution is 2.30. The molecule has 2 nitrogen and oxygen atoms in total. The van der Waals surface area contributed by atoms with E-state index < -0.39 is 0 Å². The van der Waals surface area contributed by atoms with Gasteiger partial charge in [0.2, 0.25) is 0 Å². The van der Waals surface area contributed by atoms with E-state index in [0.717, 1.165) is 16.0 Å². The van der Waals surface area contributed by atoms with E-state index in [2.05, 4.69) is 15.9 Å². The van der Waals surface area contributed by atoms with Crippen molar-refractivity contribution in [2.75, 3.05) is 13.2 Å². The third-order valence-corrected chi connectivity index (χ3v) is 2.00. The van der Waals surface area contributed by atoms with Gasteiger partial charge in [0.15, 0.2) is 11.5 Å². The van der Waals surface area contributed by atoms with Gasteiger partial charge in [-0.05, 0) is 32.0 Å². The highest BCUT2D eigenvalue weighted by Gasteiger charge is 2.03. The predicted octanol–water partition coefficient (Wildman–Crippen LogP) is 3.25. The van der Waals surface area contributed by atoms with Gasteiger partial charge in [0.1, 0.15) is 0 Å². The first-order chi connectivity index (χ1) is 6.27. The zero-order valence-corrected chi connectivity index (χ0v) is 9.43. The summed E-state index contributed by atoms with van der Waals surface area (Å²) in [7, 11) is 0. The van der Waals surface area contributed by atoms with Crippen LogP contribution in [0.3, 0.4) is 0 Å². The lowest BCUT2D eigenvalue weighted by Gasteiger charge is -2.10. The molecule has 0 spiro atoms. The molecule has 0 aromatic heterocycles. The molecule has 1 aromatic rings. The molecule has 0 fully saturated rings. The summed E-state index contributed by atoms with van der Waals surface area (Å²) >= 11 is 3.38. The molecular formula is C10H13BrO2. The van der Waals surface area contributed by atoms with Crippen LogP contribution in [-0.2, 0) is 0 Å². The van der Waals surface area contributed by atoms with Crippen molar-refractivity contribution in [3.63, 3.8) is 0 Å². The number of ether oxygens (including phenoxy) is 2. The summed E-state index contributed by atoms with van der Waals surface area (Å²) in [5.74, 6) is 1.59. The van der Waals surface area contributed by atoms with E-state index >= 15 is 0 Å². The van der Waals surface area contributed by atoms with Crippen LogP contribution in [0, 0.1) is 0 Å². The molecule has 72 valence electrons. The van der Waals surface area contributed by atoms with Crippen molar-refractivity contribution >= 4 is 15.9 Å². The minimum Gasteiger partial charge on any atom is -0.490 e. The topological polar surface area (TPSA) is 18.5 Å². The first kappa shape index (κ1) is 10.4. The van der Waals surface area contributed by atoms with Crippen LogP contribution in [0.1, 0.15) is 13.8 Å². The minimum absolute atomic E-state index is 0.649. The maximum atomic E-state index is 5.42. The SMILES string of the molecule is CCOc1ccc(Br)cc1OCC. The number of halogens is 1. The molecule has 1 aromatic carbocycles. The molecule has 0 unspecified atom stereocenters. The molecule has 1 rings (SSSR count). The van der Waals surface area contributed by atoms with Crippen molar-refractivity contribution in [1.29, 1.82) is 0 Å². The third kappa shape index (κ3) is 2.92. The fraction of sp³-hybridized carbons (Fsp3) is 0.400. The van der Waals surface area contributed by atoms with E-state index in [-0.39, 0.29) is 0 Å². The van der Waals surface area contributed by atoms with Crippen LogP contribution in [0.15, 0.2) is 22.7 Å². The fourth-order valence-electron chi connectivity index (χ4n) is 1.02. The molecule has 0 aliphatic carbocycles. The Bertz CT molecular complexity index is 274. The van der Waals surface area contributed by atoms with Crippen LogP contribution in [0.4, 0.5) is 0 Å². The van der Waals surface area contributed by atoms with E-state index in [4.69, 9.17) is 9.47 Å². The normalized spacial score (nSPS) is 9.77. The number of benzene rings is 1. The van der Waals surface area contributed by atoms with Gasteiger partial charge in [0, 0.05) is 4.47 Å². The standard InChI is InChI=1S/C10H13BrO2/c1-3-12-9-6-5-8(11)7-10(9)13-4-2/h5-7H,3-4H2,1-2H3. The summed E-state index contributed by atoms with van der Waals surface area (Å²) in [5.41, 5.74) is 0. The highest BCUT2D eigenvalue weighted by atomic mass is 79.9. The lowest BCUT2D eigenvalue weighted by atomic mass is 10.3. The average Bonchev–Trinajstić information content (AvgIpc) is 2.10. The Morgan fingerprint density at radius 1 is 1.08 bits per heavy atom. The van der Waals surface area contributed by atoms with E-state index in [1.54, 1.807) is 0 Å². The summed E-state index contributed by atoms with van der Waals surface area (Å²) in [6.07, 6.45) is 0. The van der Waals surface area contributed by atoms with Gasteiger partial charge in [0.05, 0.1) is 13.2 Å². The molecule has 0 amide bonds. The largest absolute Gasteiger partial charge is 0.490 e. The Kier molecular flexibility index (Phi) is 4.09. The smallest absolute Gasteiger partial charge is 0.162 e. The number of hydrogen-bond donors (Lipinski definition) is 0. The van der Waals surface area contributed by atoms with Gasteiger partial charge >= 0.3 is 0 Å². The van der Waals surface area contributed by atoms with E-state index in [0.29, 0.717) is 13.2 Å². The van der Waals surface area contributed by atoms with E-state index in [9.17, 15) is 0 Å². The van der Waals surface area contributed by atoms with Crippen molar-refractivity contribution < 1.29 is 9.47 Å². The zero-order chi connectivity index (χ0) is 9.68. The van der Waals surface area contributed by atoms with Crippen LogP contribution in [-0.4, -0.2) is 13.2 Å². The highest BCUT2D eigenvalue weighted by molar-refractivity contribution is 9.10. The second-order valence-electron chi connectivity index (χ2n) is 2.46. The minimum atomic E-state index is 0.649. The monoisotopic (exact) mass is 244 g/mol. The van der Waals surface area contributed by atoms with Gasteiger partial charge in [0.25, 0.3) is 0 Å². The van der Waals surface area contributed by atoms with Crippen LogP contribution in [0.25, 0.3) is 0 Å². The van der Waals surface area contributed by atoms with Gasteiger partial charge < -0.3 is 9.47 Å². The maximum Gasteiger partial charge on any atom is 0.162 e. The molecule has 13 heavy (non-hydrogen) atoms. The summed E-state index contributed by atoms with van der Waals surface area (Å²) in [6, 6.07) is 5.75. The first-order valence-corrected chi connectivity index (χ1v) is 5.12. The fourth-order valence-corrected chi connectivity index (χ4v) is 1.37. The van der Waals surface area contributed by atoms with Crippen molar-refractivity contribution in [3.05, 3.63) is 22.7 Å². The van der Waals surface area contributed by atoms with E-state index in [1.807, 2.05) is 32.0 Å². The predicted molar refractivity (Wildman–Crippen MR) is 56.5 cm³/mol. The molecular weight excluding hydrogens is 232 g/mol. The van der Waals surface area contributed by atoms with Gasteiger partial charge in [-0.25, -0.2) is 0 Å². The Morgan fingerprint density at radius 3 is 2.31 bits per heavy atom. The van der Waals surface area contributed by atoms with Gasteiger partial charge in [-0.15, -0.1) is 0 Å². The third-order valence-electron chi connectivity index (χ3n) is 1.51. The van der Waals surface area contributed by atoms with Crippen LogP contribution < -0.4 is 9.47 Å². The van der Waals surface area contributed by atoms with Crippen molar-refractivity contribution in [3.8, 4) is 11.5 Å². The molecule has 0 aliphatic heterocycles. The molecule has 0 bridgehead atoms. The summed E-state index contributed by atoms with van der Waals surface area (Å²) in [5, 5.41) is 0. The van der Waals surface area contributed by atoms with Gasteiger partial charge in [-0.1, -0.05) is 15.9 Å². The molecule has 0 atom stereocenters. The molecule has 3 heteroatoms. The molecule has 0 saturated heterocycles. The molecule has 0 radical (unpaired) electrons. The van der Waals surface area contributed by atoms with Crippen molar-refractivity contribution in [2.45, 2.75) is 13.8 Å².